The minimum absolute atomic E-state index is 0.261. The molecule has 1 amide bonds. The number of aromatic nitrogens is 1. The second-order valence-corrected chi connectivity index (χ2v) is 7.01. The number of nitrogens with one attached hydrogen (secondary N) is 1. The molecule has 0 unspecified atom stereocenters. The molecule has 1 aromatic carbocycles. The zero-order valence-electron chi connectivity index (χ0n) is 14.4. The molecule has 2 aromatic heterocycles. The fourth-order valence-electron chi connectivity index (χ4n) is 2.52. The highest BCUT2D eigenvalue weighted by Crippen LogP contribution is 2.22. The van der Waals surface area contributed by atoms with Crippen molar-refractivity contribution in [2.45, 2.75) is 32.2 Å². The molecule has 7 heteroatoms. The van der Waals surface area contributed by atoms with Crippen molar-refractivity contribution in [2.75, 3.05) is 6.61 Å². The number of rotatable bonds is 8. The van der Waals surface area contributed by atoms with Gasteiger partial charge in [-0.15, -0.1) is 11.3 Å². The van der Waals surface area contributed by atoms with Gasteiger partial charge in [0.25, 0.3) is 5.91 Å². The summed E-state index contributed by atoms with van der Waals surface area (Å²) in [6.45, 7) is 1.52. The van der Waals surface area contributed by atoms with Gasteiger partial charge in [-0.05, 0) is 44.0 Å². The van der Waals surface area contributed by atoms with Crippen LogP contribution >= 0.6 is 11.3 Å². The summed E-state index contributed by atoms with van der Waals surface area (Å²) in [6.07, 6.45) is 3.17. The number of carbonyl (C=O) groups is 2. The van der Waals surface area contributed by atoms with Gasteiger partial charge in [-0.25, -0.2) is 4.98 Å². The van der Waals surface area contributed by atoms with Crippen molar-refractivity contribution >= 4 is 33.4 Å². The van der Waals surface area contributed by atoms with Crippen LogP contribution in [0.5, 0.6) is 0 Å². The quantitative estimate of drug-likeness (QED) is 0.611. The van der Waals surface area contributed by atoms with Crippen LogP contribution < -0.4 is 5.32 Å². The predicted octanol–water partition coefficient (Wildman–Crippen LogP) is 3.63. The van der Waals surface area contributed by atoms with Crippen LogP contribution in [0.3, 0.4) is 0 Å². The Hall–Kier alpha value is -2.67. The summed E-state index contributed by atoms with van der Waals surface area (Å²) in [7, 11) is 0. The summed E-state index contributed by atoms with van der Waals surface area (Å²) in [5, 5.41) is 3.72. The number of furan rings is 1. The number of fused-ring (bicyclic) bond motifs is 1. The van der Waals surface area contributed by atoms with Crippen LogP contribution in [-0.2, 0) is 20.7 Å². The van der Waals surface area contributed by atoms with Crippen LogP contribution in [-0.4, -0.2) is 23.5 Å². The van der Waals surface area contributed by atoms with Crippen molar-refractivity contribution < 1.29 is 18.7 Å². The molecule has 6 nitrogen and oxygen atoms in total. The number of amides is 1. The van der Waals surface area contributed by atoms with Crippen LogP contribution in [0.2, 0.25) is 0 Å². The summed E-state index contributed by atoms with van der Waals surface area (Å²) >= 11 is 1.64. The Bertz CT molecular complexity index is 840. The van der Waals surface area contributed by atoms with Gasteiger partial charge in [0, 0.05) is 6.42 Å². The van der Waals surface area contributed by atoms with Crippen molar-refractivity contribution in [3.8, 4) is 0 Å². The Kier molecular flexibility index (Phi) is 6.01. The number of hydrogen-bond donors (Lipinski definition) is 1. The van der Waals surface area contributed by atoms with Gasteiger partial charge in [-0.1, -0.05) is 12.1 Å². The topological polar surface area (TPSA) is 81.4 Å². The smallest absolute Gasteiger partial charge is 0.306 e. The van der Waals surface area contributed by atoms with E-state index in [1.54, 1.807) is 36.7 Å². The third-order valence-electron chi connectivity index (χ3n) is 3.82. The lowest BCUT2D eigenvalue weighted by Gasteiger charge is -2.11. The van der Waals surface area contributed by atoms with Gasteiger partial charge in [-0.3, -0.25) is 9.59 Å². The van der Waals surface area contributed by atoms with Crippen LogP contribution in [0.4, 0.5) is 0 Å². The van der Waals surface area contributed by atoms with Crippen molar-refractivity contribution in [3.05, 3.63) is 53.4 Å². The van der Waals surface area contributed by atoms with Crippen LogP contribution in [0.15, 0.2) is 47.1 Å². The lowest BCUT2D eigenvalue weighted by molar-refractivity contribution is -0.148. The fraction of sp³-hybridized carbons (Fsp3) is 0.316. The number of carbonyl (C=O) groups excluding carboxylic acids is 2. The molecule has 0 radical (unpaired) electrons. The summed E-state index contributed by atoms with van der Waals surface area (Å²) < 4.78 is 11.4. The SMILES string of the molecule is C[C@@H](NC(=O)COC(=O)CCCc1nc2ccccc2s1)c1ccco1. The zero-order chi connectivity index (χ0) is 18.4. The van der Waals surface area contributed by atoms with E-state index in [1.807, 2.05) is 24.3 Å². The molecule has 0 aliphatic carbocycles. The molecule has 0 saturated carbocycles. The van der Waals surface area contributed by atoms with E-state index in [2.05, 4.69) is 10.3 Å². The van der Waals surface area contributed by atoms with E-state index in [0.717, 1.165) is 21.6 Å². The average molecular weight is 372 g/mol. The lowest BCUT2D eigenvalue weighted by atomic mass is 10.2. The van der Waals surface area contributed by atoms with Gasteiger partial charge >= 0.3 is 5.97 Å². The van der Waals surface area contributed by atoms with Crippen LogP contribution in [0.25, 0.3) is 10.2 Å². The zero-order valence-corrected chi connectivity index (χ0v) is 15.3. The van der Waals surface area contributed by atoms with Gasteiger partial charge in [-0.2, -0.15) is 0 Å². The highest BCUT2D eigenvalue weighted by atomic mass is 32.1. The molecular weight excluding hydrogens is 352 g/mol. The average Bonchev–Trinajstić information content (AvgIpc) is 3.29. The number of esters is 1. The maximum Gasteiger partial charge on any atom is 0.306 e. The van der Waals surface area contributed by atoms with Crippen molar-refractivity contribution in [1.29, 1.82) is 0 Å². The highest BCUT2D eigenvalue weighted by Gasteiger charge is 2.13. The van der Waals surface area contributed by atoms with Gasteiger partial charge in [0.05, 0.1) is 27.5 Å². The molecule has 0 fully saturated rings. The summed E-state index contributed by atoms with van der Waals surface area (Å²) in [4.78, 5) is 28.1. The van der Waals surface area contributed by atoms with E-state index in [9.17, 15) is 9.59 Å². The summed E-state index contributed by atoms with van der Waals surface area (Å²) in [6, 6.07) is 11.2. The minimum Gasteiger partial charge on any atom is -0.467 e. The maximum atomic E-state index is 11.8. The van der Waals surface area contributed by atoms with Crippen molar-refractivity contribution in [1.82, 2.24) is 10.3 Å². The van der Waals surface area contributed by atoms with Gasteiger partial charge in [0.1, 0.15) is 5.76 Å². The van der Waals surface area contributed by atoms with E-state index in [1.165, 1.54) is 0 Å². The number of benzene rings is 1. The van der Waals surface area contributed by atoms with E-state index in [4.69, 9.17) is 9.15 Å². The number of thiazole rings is 1. The van der Waals surface area contributed by atoms with Crippen LogP contribution in [0, 0.1) is 0 Å². The molecule has 0 bridgehead atoms. The van der Waals surface area contributed by atoms with E-state index < -0.39 is 0 Å². The Morgan fingerprint density at radius 3 is 2.88 bits per heavy atom. The molecule has 26 heavy (non-hydrogen) atoms. The second-order valence-electron chi connectivity index (χ2n) is 5.89. The first-order chi connectivity index (χ1) is 12.6. The first-order valence-corrected chi connectivity index (χ1v) is 9.26. The molecule has 3 aromatic rings. The molecule has 3 rings (SSSR count). The molecule has 1 atom stereocenters. The van der Waals surface area contributed by atoms with Crippen LogP contribution in [0.1, 0.15) is 36.6 Å². The summed E-state index contributed by atoms with van der Waals surface area (Å²) in [5.74, 6) is -0.0825. The molecule has 0 saturated heterocycles. The monoisotopic (exact) mass is 372 g/mol. The van der Waals surface area contributed by atoms with Gasteiger partial charge < -0.3 is 14.5 Å². The standard InChI is InChI=1S/C19H20N2O4S/c1-13(15-7-5-11-24-15)20-17(22)12-25-19(23)10-4-9-18-21-14-6-2-3-8-16(14)26-18/h2-3,5-8,11,13H,4,9-10,12H2,1H3,(H,20,22)/t13-/m1/s1. The van der Waals surface area contributed by atoms with Gasteiger partial charge in [0.2, 0.25) is 0 Å². The fourth-order valence-corrected chi connectivity index (χ4v) is 3.53. The molecule has 136 valence electrons. The third-order valence-corrected chi connectivity index (χ3v) is 4.92. The predicted molar refractivity (Wildman–Crippen MR) is 98.8 cm³/mol. The van der Waals surface area contributed by atoms with E-state index >= 15 is 0 Å². The third kappa shape index (κ3) is 4.92. The minimum atomic E-state index is -0.382. The largest absolute Gasteiger partial charge is 0.467 e. The molecule has 0 spiro atoms. The number of aryl methyl sites for hydroxylation is 1. The molecule has 0 aliphatic heterocycles. The molecule has 1 N–H and O–H groups in total. The Morgan fingerprint density at radius 1 is 1.27 bits per heavy atom. The van der Waals surface area contributed by atoms with Crippen molar-refractivity contribution in [3.63, 3.8) is 0 Å². The lowest BCUT2D eigenvalue weighted by Crippen LogP contribution is -2.30. The molecule has 2 heterocycles. The number of ether oxygens (including phenoxy) is 1. The van der Waals surface area contributed by atoms with Crippen molar-refractivity contribution in [2.24, 2.45) is 0 Å². The second kappa shape index (κ2) is 8.62. The first-order valence-electron chi connectivity index (χ1n) is 8.44. The molecular formula is C19H20N2O4S. The number of para-hydroxylation sites is 1. The normalized spacial score (nSPS) is 12.0. The van der Waals surface area contributed by atoms with Gasteiger partial charge in [0.15, 0.2) is 6.61 Å². The number of nitrogens with zero attached hydrogens (tertiary/aromatic N) is 1. The highest BCUT2D eigenvalue weighted by molar-refractivity contribution is 7.18. The Morgan fingerprint density at radius 2 is 2.12 bits per heavy atom. The Balaban J connectivity index is 1.35. The first kappa shape index (κ1) is 18.1. The summed E-state index contributed by atoms with van der Waals surface area (Å²) in [5.41, 5.74) is 0.984. The maximum absolute atomic E-state index is 11.8. The Labute approximate surface area is 155 Å². The molecule has 0 aliphatic rings. The number of hydrogen-bond acceptors (Lipinski definition) is 6. The van der Waals surface area contributed by atoms with E-state index in [-0.39, 0.29) is 30.9 Å². The van der Waals surface area contributed by atoms with E-state index in [0.29, 0.717) is 12.2 Å².